The second-order valence-corrected chi connectivity index (χ2v) is 5.17. The Morgan fingerprint density at radius 2 is 2.19 bits per heavy atom. The van der Waals surface area contributed by atoms with Crippen molar-refractivity contribution in [1.82, 2.24) is 0 Å². The third-order valence-electron chi connectivity index (χ3n) is 3.47. The first-order chi connectivity index (χ1) is 10.2. The number of hydrogen-bond acceptors (Lipinski definition) is 3. The highest BCUT2D eigenvalue weighted by Crippen LogP contribution is 2.30. The number of hydrogen-bond donors (Lipinski definition) is 0. The zero-order valence-electron chi connectivity index (χ0n) is 11.6. The predicted molar refractivity (Wildman–Crippen MR) is 76.6 cm³/mol. The van der Waals surface area contributed by atoms with Crippen molar-refractivity contribution in [3.63, 3.8) is 0 Å². The van der Waals surface area contributed by atoms with Gasteiger partial charge in [-0.25, -0.2) is 4.39 Å². The largest absolute Gasteiger partial charge is 0.487 e. The van der Waals surface area contributed by atoms with E-state index in [2.05, 4.69) is 6.07 Å². The van der Waals surface area contributed by atoms with E-state index in [-0.39, 0.29) is 18.5 Å². The van der Waals surface area contributed by atoms with Crippen LogP contribution in [0, 0.1) is 12.7 Å². The summed E-state index contributed by atoms with van der Waals surface area (Å²) in [6, 6.07) is 10.2. The van der Waals surface area contributed by atoms with Gasteiger partial charge >= 0.3 is 0 Å². The highest BCUT2D eigenvalue weighted by molar-refractivity contribution is 5.74. The summed E-state index contributed by atoms with van der Waals surface area (Å²) < 4.78 is 24.9. The van der Waals surface area contributed by atoms with Gasteiger partial charge in [0.15, 0.2) is 11.6 Å². The van der Waals surface area contributed by atoms with Gasteiger partial charge in [0.2, 0.25) is 0 Å². The molecule has 0 N–H and O–H groups in total. The van der Waals surface area contributed by atoms with Crippen molar-refractivity contribution < 1.29 is 18.7 Å². The van der Waals surface area contributed by atoms with Crippen LogP contribution >= 0.6 is 0 Å². The Labute approximate surface area is 122 Å². The van der Waals surface area contributed by atoms with Crippen molar-refractivity contribution in [3.05, 3.63) is 58.9 Å². The first-order valence-corrected chi connectivity index (χ1v) is 6.79. The van der Waals surface area contributed by atoms with Gasteiger partial charge in [-0.15, -0.1) is 0 Å². The topological polar surface area (TPSA) is 35.5 Å². The van der Waals surface area contributed by atoms with Crippen LogP contribution in [0.2, 0.25) is 0 Å². The number of halogens is 1. The van der Waals surface area contributed by atoms with Gasteiger partial charge in [0.1, 0.15) is 24.7 Å². The normalized spacial score (nSPS) is 16.2. The highest BCUT2D eigenvalue weighted by Gasteiger charge is 2.23. The van der Waals surface area contributed by atoms with Crippen LogP contribution < -0.4 is 9.47 Å². The molecule has 0 aromatic heterocycles. The van der Waals surface area contributed by atoms with Gasteiger partial charge < -0.3 is 9.47 Å². The van der Waals surface area contributed by atoms with E-state index in [0.29, 0.717) is 11.8 Å². The summed E-state index contributed by atoms with van der Waals surface area (Å²) >= 11 is 0. The van der Waals surface area contributed by atoms with Crippen LogP contribution in [0.1, 0.15) is 21.5 Å². The molecule has 3 rings (SSSR count). The summed E-state index contributed by atoms with van der Waals surface area (Å²) in [4.78, 5) is 10.6. The number of rotatable bonds is 4. The Bertz CT molecular complexity index is 682. The van der Waals surface area contributed by atoms with Gasteiger partial charge in [-0.05, 0) is 36.8 Å². The van der Waals surface area contributed by atoms with Crippen LogP contribution in [0.3, 0.4) is 0 Å². The van der Waals surface area contributed by atoms with Crippen molar-refractivity contribution in [2.24, 2.45) is 0 Å². The maximum Gasteiger partial charge on any atom is 0.165 e. The lowest BCUT2D eigenvalue weighted by Gasteiger charge is -2.13. The quantitative estimate of drug-likeness (QED) is 0.809. The van der Waals surface area contributed by atoms with Gasteiger partial charge in [-0.2, -0.15) is 0 Å². The molecular weight excluding hydrogens is 271 g/mol. The average Bonchev–Trinajstić information content (AvgIpc) is 2.87. The molecular formula is C17H15FO3. The zero-order chi connectivity index (χ0) is 14.8. The molecule has 4 heteroatoms. The Hall–Kier alpha value is -2.36. The Morgan fingerprint density at radius 1 is 1.33 bits per heavy atom. The van der Waals surface area contributed by atoms with E-state index >= 15 is 0 Å². The van der Waals surface area contributed by atoms with Gasteiger partial charge in [0, 0.05) is 12.0 Å². The minimum atomic E-state index is -0.536. The smallest absolute Gasteiger partial charge is 0.165 e. The van der Waals surface area contributed by atoms with Crippen LogP contribution in [0.25, 0.3) is 0 Å². The number of aldehydes is 1. The molecule has 0 amide bonds. The molecule has 0 fully saturated rings. The molecule has 3 nitrogen and oxygen atoms in total. The minimum Gasteiger partial charge on any atom is -0.487 e. The van der Waals surface area contributed by atoms with E-state index in [1.165, 1.54) is 17.7 Å². The first kappa shape index (κ1) is 13.6. The molecule has 0 spiro atoms. The van der Waals surface area contributed by atoms with Crippen LogP contribution in [-0.4, -0.2) is 19.0 Å². The molecule has 0 radical (unpaired) electrons. The lowest BCUT2D eigenvalue weighted by Crippen LogP contribution is -2.22. The fourth-order valence-corrected chi connectivity index (χ4v) is 2.43. The summed E-state index contributed by atoms with van der Waals surface area (Å²) in [5.74, 6) is 0.466. The van der Waals surface area contributed by atoms with Crippen molar-refractivity contribution in [1.29, 1.82) is 0 Å². The molecule has 1 aliphatic rings. The number of fused-ring (bicyclic) bond motifs is 1. The second kappa shape index (κ2) is 5.56. The van der Waals surface area contributed by atoms with E-state index in [4.69, 9.17) is 9.47 Å². The summed E-state index contributed by atoms with van der Waals surface area (Å²) in [6.45, 7) is 2.30. The number of carbonyl (C=O) groups excluding carboxylic acids is 1. The van der Waals surface area contributed by atoms with Crippen LogP contribution in [-0.2, 0) is 6.42 Å². The maximum absolute atomic E-state index is 13.7. The number of benzene rings is 2. The molecule has 21 heavy (non-hydrogen) atoms. The van der Waals surface area contributed by atoms with E-state index in [1.807, 2.05) is 19.1 Å². The number of carbonyl (C=O) groups is 1. The maximum atomic E-state index is 13.7. The van der Waals surface area contributed by atoms with E-state index < -0.39 is 5.82 Å². The third kappa shape index (κ3) is 2.89. The number of ether oxygens (including phenoxy) is 2. The Kier molecular flexibility index (Phi) is 3.60. The zero-order valence-corrected chi connectivity index (χ0v) is 11.6. The fraction of sp³-hybridized carbons (Fsp3) is 0.235. The molecule has 1 aliphatic heterocycles. The van der Waals surface area contributed by atoms with Crippen molar-refractivity contribution in [3.8, 4) is 11.5 Å². The molecule has 1 unspecified atom stereocenters. The Morgan fingerprint density at radius 3 is 2.95 bits per heavy atom. The summed E-state index contributed by atoms with van der Waals surface area (Å²) in [5, 5.41) is 0. The average molecular weight is 286 g/mol. The first-order valence-electron chi connectivity index (χ1n) is 6.79. The Balaban J connectivity index is 1.63. The molecule has 0 bridgehead atoms. The molecule has 2 aromatic rings. The summed E-state index contributed by atoms with van der Waals surface area (Å²) in [5.41, 5.74) is 2.63. The molecule has 108 valence electrons. The van der Waals surface area contributed by atoms with Gasteiger partial charge in [-0.3, -0.25) is 4.79 Å². The van der Waals surface area contributed by atoms with Crippen LogP contribution in [0.15, 0.2) is 36.4 Å². The minimum absolute atomic E-state index is 0.119. The fourth-order valence-electron chi connectivity index (χ4n) is 2.43. The van der Waals surface area contributed by atoms with Crippen LogP contribution in [0.5, 0.6) is 11.5 Å². The SMILES string of the molecule is Cc1ccc2c(c1)CC(COc1ccc(C=O)cc1F)O2. The second-order valence-electron chi connectivity index (χ2n) is 5.17. The standard InChI is InChI=1S/C17H15FO3/c1-11-2-4-16-13(6-11)8-14(21-16)10-20-17-5-3-12(9-19)7-15(17)18/h2-7,9,14H,8,10H2,1H3. The summed E-state index contributed by atoms with van der Waals surface area (Å²) in [6.07, 6.45) is 1.24. The molecule has 0 saturated heterocycles. The van der Waals surface area contributed by atoms with Crippen molar-refractivity contribution in [2.75, 3.05) is 6.61 Å². The van der Waals surface area contributed by atoms with E-state index in [0.717, 1.165) is 23.8 Å². The third-order valence-corrected chi connectivity index (χ3v) is 3.47. The number of aryl methyl sites for hydroxylation is 1. The molecule has 0 saturated carbocycles. The highest BCUT2D eigenvalue weighted by atomic mass is 19.1. The van der Waals surface area contributed by atoms with Gasteiger partial charge in [-0.1, -0.05) is 17.7 Å². The van der Waals surface area contributed by atoms with E-state index in [9.17, 15) is 9.18 Å². The summed E-state index contributed by atoms with van der Waals surface area (Å²) in [7, 11) is 0. The van der Waals surface area contributed by atoms with Crippen molar-refractivity contribution in [2.45, 2.75) is 19.4 Å². The van der Waals surface area contributed by atoms with E-state index in [1.54, 1.807) is 0 Å². The van der Waals surface area contributed by atoms with Crippen LogP contribution in [0.4, 0.5) is 4.39 Å². The molecule has 1 heterocycles. The molecule has 1 atom stereocenters. The molecule has 2 aromatic carbocycles. The molecule has 0 aliphatic carbocycles. The predicted octanol–water partition coefficient (Wildman–Crippen LogP) is 3.33. The van der Waals surface area contributed by atoms with Gasteiger partial charge in [0.05, 0.1) is 0 Å². The van der Waals surface area contributed by atoms with Crippen molar-refractivity contribution >= 4 is 6.29 Å². The monoisotopic (exact) mass is 286 g/mol. The lowest BCUT2D eigenvalue weighted by molar-refractivity contribution is 0.112. The van der Waals surface area contributed by atoms with Gasteiger partial charge in [0.25, 0.3) is 0 Å². The lowest BCUT2D eigenvalue weighted by atomic mass is 10.1.